The van der Waals surface area contributed by atoms with Crippen molar-refractivity contribution in [1.29, 1.82) is 0 Å². The van der Waals surface area contributed by atoms with Gasteiger partial charge in [0.25, 0.3) is 0 Å². The molecule has 4 amide bonds. The van der Waals surface area contributed by atoms with Gasteiger partial charge in [0, 0.05) is 36.5 Å². The van der Waals surface area contributed by atoms with E-state index < -0.39 is 6.03 Å². The van der Waals surface area contributed by atoms with Crippen molar-refractivity contribution in [2.75, 3.05) is 19.6 Å². The molecule has 7 nitrogen and oxygen atoms in total. The molecule has 27 heavy (non-hydrogen) atoms. The van der Waals surface area contributed by atoms with Gasteiger partial charge in [0.05, 0.1) is 6.54 Å². The molecule has 7 heteroatoms. The number of amides is 4. The summed E-state index contributed by atoms with van der Waals surface area (Å²) in [4.78, 5) is 36.1. The summed E-state index contributed by atoms with van der Waals surface area (Å²) >= 11 is 0. The number of hydrogen-bond donors (Lipinski definition) is 2. The Labute approximate surface area is 157 Å². The van der Waals surface area contributed by atoms with Gasteiger partial charge < -0.3 is 15.1 Å². The number of unbranched alkanes of at least 4 members (excludes halogenated alkanes) is 1. The number of rotatable bonds is 8. The maximum Gasteiger partial charge on any atom is 0.324 e. The van der Waals surface area contributed by atoms with Crippen molar-refractivity contribution in [3.05, 3.63) is 41.7 Å². The Bertz CT molecular complexity index is 868. The predicted molar refractivity (Wildman–Crippen MR) is 102 cm³/mol. The molecule has 0 radical (unpaired) electrons. The number of imide groups is 1. The van der Waals surface area contributed by atoms with Gasteiger partial charge in [-0.3, -0.25) is 14.5 Å². The van der Waals surface area contributed by atoms with Gasteiger partial charge >= 0.3 is 6.03 Å². The molecule has 1 aliphatic rings. The Morgan fingerprint density at radius 3 is 2.89 bits per heavy atom. The van der Waals surface area contributed by atoms with Crippen LogP contribution in [0.5, 0.6) is 0 Å². The van der Waals surface area contributed by atoms with E-state index in [-0.39, 0.29) is 31.4 Å². The highest BCUT2D eigenvalue weighted by atomic mass is 16.3. The van der Waals surface area contributed by atoms with Crippen LogP contribution in [-0.2, 0) is 16.0 Å². The molecule has 2 heterocycles. The molecule has 1 aromatic carbocycles. The molecule has 0 saturated carbocycles. The topological polar surface area (TPSA) is 91.7 Å². The minimum Gasteiger partial charge on any atom is -0.460 e. The van der Waals surface area contributed by atoms with Crippen molar-refractivity contribution < 1.29 is 18.8 Å². The van der Waals surface area contributed by atoms with Crippen molar-refractivity contribution in [1.82, 2.24) is 15.5 Å². The van der Waals surface area contributed by atoms with Crippen LogP contribution in [0.15, 0.2) is 34.8 Å². The third kappa shape index (κ3) is 4.36. The summed E-state index contributed by atoms with van der Waals surface area (Å²) in [5.41, 5.74) is 1.73. The number of carbonyl (C=O) groups is 3. The van der Waals surface area contributed by atoms with Crippen LogP contribution in [0.4, 0.5) is 4.79 Å². The Kier molecular flexibility index (Phi) is 5.90. The van der Waals surface area contributed by atoms with Crippen LogP contribution in [0.2, 0.25) is 0 Å². The monoisotopic (exact) mass is 369 g/mol. The summed E-state index contributed by atoms with van der Waals surface area (Å²) in [5.74, 6) is 0.311. The van der Waals surface area contributed by atoms with Crippen LogP contribution >= 0.6 is 0 Å². The lowest BCUT2D eigenvalue weighted by atomic mass is 10.1. The van der Waals surface area contributed by atoms with Gasteiger partial charge in [-0.15, -0.1) is 0 Å². The average Bonchev–Trinajstić information content (AvgIpc) is 3.18. The molecule has 0 bridgehead atoms. The minimum atomic E-state index is -0.421. The molecular formula is C20H23N3O4. The van der Waals surface area contributed by atoms with Crippen LogP contribution < -0.4 is 10.6 Å². The molecule has 0 atom stereocenters. The first-order chi connectivity index (χ1) is 13.1. The number of hydrogen-bond acceptors (Lipinski definition) is 4. The van der Waals surface area contributed by atoms with Crippen LogP contribution in [0, 0.1) is 0 Å². The zero-order valence-corrected chi connectivity index (χ0v) is 15.3. The number of fused-ring (bicyclic) bond motifs is 1. The highest BCUT2D eigenvalue weighted by Crippen LogP contribution is 2.28. The molecule has 3 rings (SSSR count). The smallest absolute Gasteiger partial charge is 0.324 e. The fraction of sp³-hybridized carbons (Fsp3) is 0.350. The molecule has 142 valence electrons. The first kappa shape index (κ1) is 18.7. The van der Waals surface area contributed by atoms with Crippen LogP contribution in [0.3, 0.4) is 0 Å². The van der Waals surface area contributed by atoms with Crippen molar-refractivity contribution >= 4 is 34.9 Å². The lowest BCUT2D eigenvalue weighted by Gasteiger charge is -2.11. The van der Waals surface area contributed by atoms with Gasteiger partial charge in [-0.1, -0.05) is 31.5 Å². The van der Waals surface area contributed by atoms with E-state index in [1.54, 1.807) is 6.08 Å². The molecule has 0 spiro atoms. The lowest BCUT2D eigenvalue weighted by molar-refractivity contribution is -0.125. The van der Waals surface area contributed by atoms with E-state index >= 15 is 0 Å². The molecule has 1 aliphatic heterocycles. The predicted octanol–water partition coefficient (Wildman–Crippen LogP) is 2.46. The summed E-state index contributed by atoms with van der Waals surface area (Å²) < 4.78 is 5.93. The van der Waals surface area contributed by atoms with E-state index in [9.17, 15) is 14.4 Å². The maximum absolute atomic E-state index is 12.1. The van der Waals surface area contributed by atoms with Crippen LogP contribution in [0.25, 0.3) is 17.0 Å². The van der Waals surface area contributed by atoms with Crippen molar-refractivity contribution in [3.63, 3.8) is 0 Å². The van der Waals surface area contributed by atoms with E-state index in [2.05, 4.69) is 17.6 Å². The van der Waals surface area contributed by atoms with Crippen molar-refractivity contribution in [3.8, 4) is 0 Å². The zero-order chi connectivity index (χ0) is 19.2. The van der Waals surface area contributed by atoms with Crippen LogP contribution in [-0.4, -0.2) is 42.4 Å². The van der Waals surface area contributed by atoms with Crippen molar-refractivity contribution in [2.24, 2.45) is 0 Å². The SMILES string of the molecule is CCCCc1oc2ccccc2c1/C=C/C(=O)NCCN1C(=O)CNC1=O. The largest absolute Gasteiger partial charge is 0.460 e. The summed E-state index contributed by atoms with van der Waals surface area (Å²) in [7, 11) is 0. The summed E-state index contributed by atoms with van der Waals surface area (Å²) in [6.45, 7) is 2.50. The average molecular weight is 369 g/mol. The van der Waals surface area contributed by atoms with E-state index in [0.717, 1.165) is 46.5 Å². The van der Waals surface area contributed by atoms with E-state index in [0.29, 0.717) is 0 Å². The van der Waals surface area contributed by atoms with E-state index in [4.69, 9.17) is 4.42 Å². The highest BCUT2D eigenvalue weighted by Gasteiger charge is 2.27. The fourth-order valence-corrected chi connectivity index (χ4v) is 3.01. The number of urea groups is 1. The van der Waals surface area contributed by atoms with Crippen LogP contribution in [0.1, 0.15) is 31.1 Å². The molecule has 2 aromatic rings. The van der Waals surface area contributed by atoms with Crippen molar-refractivity contribution in [2.45, 2.75) is 26.2 Å². The first-order valence-corrected chi connectivity index (χ1v) is 9.14. The van der Waals surface area contributed by atoms with Gasteiger partial charge in [0.1, 0.15) is 11.3 Å². The van der Waals surface area contributed by atoms with Gasteiger partial charge in [0.2, 0.25) is 11.8 Å². The molecule has 1 saturated heterocycles. The molecule has 0 aliphatic carbocycles. The molecular weight excluding hydrogens is 346 g/mol. The standard InChI is InChI=1S/C20H23N3O4/c1-2-3-7-16-15(14-6-4-5-8-17(14)27-16)9-10-18(24)21-11-12-23-19(25)13-22-20(23)26/h4-6,8-10H,2-3,7,11-13H2,1H3,(H,21,24)(H,22,26)/b10-9+. The van der Waals surface area contributed by atoms with E-state index in [1.807, 2.05) is 24.3 Å². The van der Waals surface area contributed by atoms with Gasteiger partial charge in [0.15, 0.2) is 0 Å². The van der Waals surface area contributed by atoms with E-state index in [1.165, 1.54) is 6.08 Å². The quantitative estimate of drug-likeness (QED) is 0.552. The van der Waals surface area contributed by atoms with Gasteiger partial charge in [-0.2, -0.15) is 0 Å². The summed E-state index contributed by atoms with van der Waals surface area (Å²) in [6, 6.07) is 7.34. The number of nitrogens with zero attached hydrogens (tertiary/aromatic N) is 1. The Hall–Kier alpha value is -3.09. The molecule has 1 fully saturated rings. The molecule has 0 unspecified atom stereocenters. The Morgan fingerprint density at radius 2 is 2.15 bits per heavy atom. The lowest BCUT2D eigenvalue weighted by Crippen LogP contribution is -2.38. The Morgan fingerprint density at radius 1 is 1.33 bits per heavy atom. The third-order valence-corrected chi connectivity index (χ3v) is 4.44. The third-order valence-electron chi connectivity index (χ3n) is 4.44. The number of aryl methyl sites for hydroxylation is 1. The first-order valence-electron chi connectivity index (χ1n) is 9.14. The number of nitrogens with one attached hydrogen (secondary N) is 2. The highest BCUT2D eigenvalue weighted by molar-refractivity contribution is 6.02. The zero-order valence-electron chi connectivity index (χ0n) is 15.3. The maximum atomic E-state index is 12.1. The minimum absolute atomic E-state index is 0.0147. The Balaban J connectivity index is 1.63. The van der Waals surface area contributed by atoms with Gasteiger partial charge in [-0.25, -0.2) is 4.79 Å². The number of furan rings is 1. The second kappa shape index (κ2) is 8.53. The molecule has 2 N–H and O–H groups in total. The number of para-hydroxylation sites is 1. The summed E-state index contributed by atoms with van der Waals surface area (Å²) in [5, 5.41) is 6.11. The normalized spacial score (nSPS) is 14.3. The fourth-order valence-electron chi connectivity index (χ4n) is 3.01. The second-order valence-corrected chi connectivity index (χ2v) is 6.37. The van der Waals surface area contributed by atoms with Gasteiger partial charge in [-0.05, 0) is 18.6 Å². The number of benzene rings is 1. The summed E-state index contributed by atoms with van der Waals surface area (Å²) in [6.07, 6.45) is 6.11. The number of carbonyl (C=O) groups excluding carboxylic acids is 3. The second-order valence-electron chi connectivity index (χ2n) is 6.37. The molecule has 1 aromatic heterocycles.